The Hall–Kier alpha value is -8.17. The lowest BCUT2D eigenvalue weighted by Gasteiger charge is -2.24. The maximum absolute atomic E-state index is 10.8. The molecule has 302 valence electrons. The van der Waals surface area contributed by atoms with Crippen molar-refractivity contribution < 1.29 is 109 Å². The van der Waals surface area contributed by atoms with E-state index >= 15 is 0 Å². The van der Waals surface area contributed by atoms with Crippen molar-refractivity contribution in [3.05, 3.63) is 105 Å². The van der Waals surface area contributed by atoms with Gasteiger partial charge in [0.05, 0.1) is 61.9 Å². The number of rotatable bonds is 11. The first-order valence-electron chi connectivity index (χ1n) is 15.4. The molecule has 0 spiro atoms. The number of aliphatic carboxylic acids is 2. The molecule has 0 aliphatic heterocycles. The summed E-state index contributed by atoms with van der Waals surface area (Å²) in [4.78, 5) is 117. The van der Waals surface area contributed by atoms with Gasteiger partial charge in [-0.25, -0.2) is 43.2 Å². The van der Waals surface area contributed by atoms with Crippen molar-refractivity contribution >= 4 is 65.7 Å². The predicted octanol–water partition coefficient (Wildman–Crippen LogP) is 3.31. The lowest BCUT2D eigenvalue weighted by Crippen LogP contribution is -2.32. The minimum absolute atomic E-state index is 0.190. The van der Waals surface area contributed by atoms with Crippen LogP contribution in [0.3, 0.4) is 0 Å². The Labute approximate surface area is 316 Å². The van der Waals surface area contributed by atoms with Crippen LogP contribution in [0, 0.1) is 11.8 Å². The summed E-state index contributed by atoms with van der Waals surface area (Å²) < 4.78 is 0. The van der Waals surface area contributed by atoms with Crippen LogP contribution in [0.15, 0.2) is 54.6 Å². The molecule has 1 fully saturated rings. The van der Waals surface area contributed by atoms with Crippen LogP contribution in [0.4, 0.5) is 0 Å². The fourth-order valence-corrected chi connectivity index (χ4v) is 4.93. The van der Waals surface area contributed by atoms with Crippen molar-refractivity contribution in [3.8, 4) is 0 Å². The summed E-state index contributed by atoms with van der Waals surface area (Å²) in [5, 5.41) is 95.4. The van der Waals surface area contributed by atoms with Crippen LogP contribution >= 0.6 is 0 Å². The molecule has 1 aliphatic rings. The van der Waals surface area contributed by atoms with Crippen LogP contribution in [0.5, 0.6) is 0 Å². The molecule has 0 radical (unpaired) electrons. The molecule has 0 amide bonds. The SMILES string of the molecule is O=C(O)C1CCCCC1C(=O)O.O=C(O)c1cc(C(=O)O)c(C(=O)O)cc1C(=O)O.O=C(O)c1ccc(C(=O)O)c(C(=O)O)c1.O=C(O)c1ccccc1C(=O)O. The smallest absolute Gasteiger partial charge is 0.336 e. The second kappa shape index (κ2) is 20.9. The van der Waals surface area contributed by atoms with Gasteiger partial charge in [-0.15, -0.1) is 0 Å². The van der Waals surface area contributed by atoms with Crippen molar-refractivity contribution in [3.63, 3.8) is 0 Å². The van der Waals surface area contributed by atoms with E-state index in [0.29, 0.717) is 25.0 Å². The van der Waals surface area contributed by atoms with Gasteiger partial charge in [0.2, 0.25) is 0 Å². The highest BCUT2D eigenvalue weighted by atomic mass is 16.4. The molecule has 0 bridgehead atoms. The molecule has 0 heterocycles. The first kappa shape index (κ1) is 46.9. The second-order valence-electron chi connectivity index (χ2n) is 11.2. The summed E-state index contributed by atoms with van der Waals surface area (Å²) in [6.45, 7) is 0. The third-order valence-electron chi connectivity index (χ3n) is 7.59. The predicted molar refractivity (Wildman–Crippen MR) is 183 cm³/mol. The molecule has 0 saturated heterocycles. The lowest BCUT2D eigenvalue weighted by molar-refractivity contribution is -0.155. The summed E-state index contributed by atoms with van der Waals surface area (Å²) in [6.07, 6.45) is 2.68. The highest BCUT2D eigenvalue weighted by Crippen LogP contribution is 2.30. The van der Waals surface area contributed by atoms with Gasteiger partial charge in [0.1, 0.15) is 0 Å². The highest BCUT2D eigenvalue weighted by molar-refractivity contribution is 6.09. The van der Waals surface area contributed by atoms with Gasteiger partial charge in [0, 0.05) is 0 Å². The molecule has 1 saturated carbocycles. The topological polar surface area (TPSA) is 410 Å². The molecule has 22 heteroatoms. The standard InChI is InChI=1S/C10H6O8.C9H6O6.C8H12O4.C8H6O4/c11-7(12)3-1-4(8(13)14)6(10(17)18)2-5(3)9(15)16;10-7(11)4-1-2-5(8(12)13)6(3-4)9(14)15;2*9-7(10)5-3-1-2-4-6(5)8(11)12/h1-2H,(H,11,12)(H,13,14)(H,15,16)(H,17,18);1-3H,(H,10,11)(H,12,13)(H,14,15);5-6H,1-4H2,(H,9,10)(H,11,12);1-4H,(H,9,10)(H,11,12). The van der Waals surface area contributed by atoms with E-state index in [1.807, 2.05) is 0 Å². The Bertz CT molecular complexity index is 1980. The molecular weight excluding hydrogens is 772 g/mol. The fourth-order valence-electron chi connectivity index (χ4n) is 4.93. The molecular formula is C35H30O22. The fraction of sp³-hybridized carbons (Fsp3) is 0.171. The van der Waals surface area contributed by atoms with Crippen LogP contribution in [-0.4, -0.2) is 122 Å². The van der Waals surface area contributed by atoms with Gasteiger partial charge in [-0.3, -0.25) is 9.59 Å². The van der Waals surface area contributed by atoms with E-state index in [-0.39, 0.29) is 16.7 Å². The lowest BCUT2D eigenvalue weighted by atomic mass is 9.79. The molecule has 11 N–H and O–H groups in total. The molecule has 3 aromatic rings. The Morgan fingerprint density at radius 2 is 0.596 bits per heavy atom. The molecule has 4 rings (SSSR count). The first-order valence-corrected chi connectivity index (χ1v) is 15.4. The highest BCUT2D eigenvalue weighted by Gasteiger charge is 2.35. The molecule has 22 nitrogen and oxygen atoms in total. The third kappa shape index (κ3) is 13.3. The number of benzene rings is 3. The Morgan fingerprint density at radius 3 is 0.842 bits per heavy atom. The minimum atomic E-state index is -1.66. The molecule has 0 aromatic heterocycles. The summed E-state index contributed by atoms with van der Waals surface area (Å²) in [5.74, 6) is -16.6. The van der Waals surface area contributed by atoms with E-state index in [1.165, 1.54) is 24.3 Å². The number of carboxylic acids is 11. The number of carboxylic acid groups (broad SMARTS) is 11. The molecule has 2 unspecified atom stereocenters. The maximum Gasteiger partial charge on any atom is 0.336 e. The Balaban J connectivity index is 0.000000385. The number of carbonyl (C=O) groups is 11. The Kier molecular flexibility index (Phi) is 17.2. The van der Waals surface area contributed by atoms with E-state index in [4.69, 9.17) is 56.2 Å². The normalized spacial score (nSPS) is 13.8. The maximum atomic E-state index is 10.8. The van der Waals surface area contributed by atoms with Crippen molar-refractivity contribution in [1.82, 2.24) is 0 Å². The van der Waals surface area contributed by atoms with Gasteiger partial charge in [0.15, 0.2) is 0 Å². The van der Waals surface area contributed by atoms with E-state index in [1.54, 1.807) is 0 Å². The average Bonchev–Trinajstić information content (AvgIpc) is 3.14. The molecule has 3 aromatic carbocycles. The quantitative estimate of drug-likeness (QED) is 0.132. The zero-order valence-electron chi connectivity index (χ0n) is 28.6. The first-order chi connectivity index (χ1) is 26.4. The largest absolute Gasteiger partial charge is 0.481 e. The zero-order chi connectivity index (χ0) is 43.9. The minimum Gasteiger partial charge on any atom is -0.481 e. The van der Waals surface area contributed by atoms with Gasteiger partial charge >= 0.3 is 65.7 Å². The van der Waals surface area contributed by atoms with Crippen LogP contribution < -0.4 is 0 Å². The monoisotopic (exact) mass is 802 g/mol. The molecule has 57 heavy (non-hydrogen) atoms. The molecule has 2 atom stereocenters. The van der Waals surface area contributed by atoms with E-state index in [9.17, 15) is 52.7 Å². The third-order valence-corrected chi connectivity index (χ3v) is 7.59. The number of aromatic carboxylic acids is 9. The van der Waals surface area contributed by atoms with Gasteiger partial charge < -0.3 is 56.2 Å². The zero-order valence-corrected chi connectivity index (χ0v) is 28.6. The van der Waals surface area contributed by atoms with Crippen LogP contribution in [0.1, 0.15) is 119 Å². The van der Waals surface area contributed by atoms with Crippen LogP contribution in [-0.2, 0) is 9.59 Å². The van der Waals surface area contributed by atoms with Crippen molar-refractivity contribution in [1.29, 1.82) is 0 Å². The number of hydrogen-bond donors (Lipinski definition) is 11. The summed E-state index contributed by atoms with van der Waals surface area (Å²) in [7, 11) is 0. The summed E-state index contributed by atoms with van der Waals surface area (Å²) >= 11 is 0. The number of hydrogen-bond acceptors (Lipinski definition) is 11. The van der Waals surface area contributed by atoms with E-state index in [2.05, 4.69) is 0 Å². The summed E-state index contributed by atoms with van der Waals surface area (Å²) in [5.41, 5.74) is -4.77. The van der Waals surface area contributed by atoms with Crippen LogP contribution in [0.2, 0.25) is 0 Å². The van der Waals surface area contributed by atoms with Gasteiger partial charge in [-0.1, -0.05) is 25.0 Å². The summed E-state index contributed by atoms with van der Waals surface area (Å²) in [6, 6.07) is 9.31. The average molecular weight is 803 g/mol. The van der Waals surface area contributed by atoms with Gasteiger partial charge in [0.25, 0.3) is 0 Å². The van der Waals surface area contributed by atoms with Gasteiger partial charge in [-0.05, 0) is 55.3 Å². The van der Waals surface area contributed by atoms with Crippen molar-refractivity contribution in [2.45, 2.75) is 25.7 Å². The van der Waals surface area contributed by atoms with Crippen molar-refractivity contribution in [2.75, 3.05) is 0 Å². The second-order valence-corrected chi connectivity index (χ2v) is 11.2. The van der Waals surface area contributed by atoms with Crippen LogP contribution in [0.25, 0.3) is 0 Å². The van der Waals surface area contributed by atoms with Crippen molar-refractivity contribution in [2.24, 2.45) is 11.8 Å². The molecule has 1 aliphatic carbocycles. The van der Waals surface area contributed by atoms with E-state index < -0.39 is 111 Å². The van der Waals surface area contributed by atoms with Gasteiger partial charge in [-0.2, -0.15) is 0 Å². The Morgan fingerprint density at radius 1 is 0.333 bits per heavy atom. The van der Waals surface area contributed by atoms with E-state index in [0.717, 1.165) is 31.0 Å².